The van der Waals surface area contributed by atoms with Crippen molar-refractivity contribution in [3.8, 4) is 0 Å². The maximum Gasteiger partial charge on any atom is 0.289 e. The van der Waals surface area contributed by atoms with E-state index in [-0.39, 0.29) is 23.8 Å². The molecule has 1 saturated carbocycles. The Kier molecular flexibility index (Phi) is 4.27. The number of furan rings is 1. The lowest BCUT2D eigenvalue weighted by atomic mass is 9.99. The van der Waals surface area contributed by atoms with Gasteiger partial charge in [-0.25, -0.2) is 0 Å². The number of nitrogens with one attached hydrogen (secondary N) is 1. The summed E-state index contributed by atoms with van der Waals surface area (Å²) >= 11 is 0. The van der Waals surface area contributed by atoms with E-state index >= 15 is 0 Å². The SMILES string of the molecule is O=C1NCCCCCN(C(=O)c2ccco2)C2CCCC12. The summed E-state index contributed by atoms with van der Waals surface area (Å²) in [6.45, 7) is 1.47. The van der Waals surface area contributed by atoms with Gasteiger partial charge in [-0.15, -0.1) is 0 Å². The van der Waals surface area contributed by atoms with Gasteiger partial charge in [0.2, 0.25) is 5.91 Å². The fourth-order valence-electron chi connectivity index (χ4n) is 3.51. The first-order valence-corrected chi connectivity index (χ1v) is 7.89. The van der Waals surface area contributed by atoms with E-state index in [4.69, 9.17) is 4.42 Å². The maximum atomic E-state index is 12.7. The van der Waals surface area contributed by atoms with Crippen LogP contribution < -0.4 is 5.32 Å². The molecule has 0 bridgehead atoms. The van der Waals surface area contributed by atoms with Crippen molar-refractivity contribution in [3.63, 3.8) is 0 Å². The summed E-state index contributed by atoms with van der Waals surface area (Å²) in [4.78, 5) is 26.8. The molecule has 1 aromatic heterocycles. The molecule has 1 aliphatic heterocycles. The van der Waals surface area contributed by atoms with Crippen LogP contribution in [0.2, 0.25) is 0 Å². The highest BCUT2D eigenvalue weighted by atomic mass is 16.3. The Hall–Kier alpha value is -1.78. The van der Waals surface area contributed by atoms with Gasteiger partial charge in [-0.3, -0.25) is 9.59 Å². The van der Waals surface area contributed by atoms with Gasteiger partial charge in [0.25, 0.3) is 5.91 Å². The monoisotopic (exact) mass is 290 g/mol. The average molecular weight is 290 g/mol. The fraction of sp³-hybridized carbons (Fsp3) is 0.625. The van der Waals surface area contributed by atoms with E-state index in [1.54, 1.807) is 12.1 Å². The smallest absolute Gasteiger partial charge is 0.289 e. The van der Waals surface area contributed by atoms with Crippen LogP contribution in [0.5, 0.6) is 0 Å². The molecule has 2 fully saturated rings. The number of carbonyl (C=O) groups is 2. The van der Waals surface area contributed by atoms with Crippen molar-refractivity contribution < 1.29 is 14.0 Å². The molecule has 2 unspecified atom stereocenters. The molecule has 5 heteroatoms. The molecular formula is C16H22N2O3. The van der Waals surface area contributed by atoms with Crippen molar-refractivity contribution in [2.45, 2.75) is 44.6 Å². The number of hydrogen-bond donors (Lipinski definition) is 1. The molecule has 1 aromatic rings. The molecule has 114 valence electrons. The Balaban J connectivity index is 1.83. The topological polar surface area (TPSA) is 62.6 Å². The minimum atomic E-state index is -0.0785. The first kappa shape index (κ1) is 14.2. The summed E-state index contributed by atoms with van der Waals surface area (Å²) < 4.78 is 5.26. The highest BCUT2D eigenvalue weighted by molar-refractivity contribution is 5.92. The Morgan fingerprint density at radius 1 is 1.24 bits per heavy atom. The van der Waals surface area contributed by atoms with Crippen LogP contribution in [0.15, 0.2) is 22.8 Å². The maximum absolute atomic E-state index is 12.7. The Morgan fingerprint density at radius 3 is 2.95 bits per heavy atom. The standard InChI is InChI=1S/C16H22N2O3/c19-15-12-6-4-7-13(12)18(10-3-1-2-9-17-15)16(20)14-8-5-11-21-14/h5,8,11-13H,1-4,6-7,9-10H2,(H,17,19). The molecule has 5 nitrogen and oxygen atoms in total. The second-order valence-electron chi connectivity index (χ2n) is 5.93. The van der Waals surface area contributed by atoms with Gasteiger partial charge in [-0.05, 0) is 44.2 Å². The highest BCUT2D eigenvalue weighted by Crippen LogP contribution is 2.32. The summed E-state index contributed by atoms with van der Waals surface area (Å²) in [5.74, 6) is 0.335. The third-order valence-corrected chi connectivity index (χ3v) is 4.58. The van der Waals surface area contributed by atoms with E-state index in [2.05, 4.69) is 5.32 Å². The van der Waals surface area contributed by atoms with Gasteiger partial charge in [0.05, 0.1) is 12.2 Å². The van der Waals surface area contributed by atoms with Crippen molar-refractivity contribution in [1.82, 2.24) is 10.2 Å². The quantitative estimate of drug-likeness (QED) is 0.862. The molecule has 2 amide bonds. The van der Waals surface area contributed by atoms with Crippen LogP contribution in [0.25, 0.3) is 0 Å². The van der Waals surface area contributed by atoms with Crippen LogP contribution in [0, 0.1) is 5.92 Å². The minimum absolute atomic E-state index is 0.0145. The van der Waals surface area contributed by atoms with E-state index in [0.717, 1.165) is 45.1 Å². The van der Waals surface area contributed by atoms with Crippen molar-refractivity contribution in [1.29, 1.82) is 0 Å². The zero-order valence-electron chi connectivity index (χ0n) is 12.2. The Bertz CT molecular complexity index is 498. The van der Waals surface area contributed by atoms with E-state index in [9.17, 15) is 9.59 Å². The van der Waals surface area contributed by atoms with Crippen LogP contribution in [-0.2, 0) is 4.79 Å². The van der Waals surface area contributed by atoms with Crippen molar-refractivity contribution in [2.75, 3.05) is 13.1 Å². The Morgan fingerprint density at radius 2 is 2.14 bits per heavy atom. The molecule has 0 radical (unpaired) electrons. The van der Waals surface area contributed by atoms with Gasteiger partial charge in [-0.2, -0.15) is 0 Å². The molecular weight excluding hydrogens is 268 g/mol. The van der Waals surface area contributed by atoms with E-state index in [1.165, 1.54) is 6.26 Å². The largest absolute Gasteiger partial charge is 0.459 e. The van der Waals surface area contributed by atoms with Crippen LogP contribution in [-0.4, -0.2) is 35.8 Å². The second-order valence-corrected chi connectivity index (χ2v) is 5.93. The van der Waals surface area contributed by atoms with Crippen LogP contribution >= 0.6 is 0 Å². The summed E-state index contributed by atoms with van der Waals surface area (Å²) in [6, 6.07) is 3.44. The number of fused-ring (bicyclic) bond motifs is 1. The summed E-state index contributed by atoms with van der Waals surface area (Å²) in [5.41, 5.74) is 0. The van der Waals surface area contributed by atoms with Gasteiger partial charge < -0.3 is 14.6 Å². The van der Waals surface area contributed by atoms with Crippen LogP contribution in [0.1, 0.15) is 49.1 Å². The van der Waals surface area contributed by atoms with Gasteiger partial charge in [0.15, 0.2) is 5.76 Å². The first-order chi connectivity index (χ1) is 10.3. The van der Waals surface area contributed by atoms with Gasteiger partial charge in [0, 0.05) is 19.1 Å². The number of carbonyl (C=O) groups excluding carboxylic acids is 2. The third-order valence-electron chi connectivity index (χ3n) is 4.58. The molecule has 0 spiro atoms. The first-order valence-electron chi connectivity index (χ1n) is 7.89. The van der Waals surface area contributed by atoms with Crippen molar-refractivity contribution in [3.05, 3.63) is 24.2 Å². The fourth-order valence-corrected chi connectivity index (χ4v) is 3.51. The van der Waals surface area contributed by atoms with Gasteiger partial charge in [-0.1, -0.05) is 6.42 Å². The predicted molar refractivity (Wildman–Crippen MR) is 77.7 cm³/mol. The molecule has 0 aromatic carbocycles. The van der Waals surface area contributed by atoms with E-state index in [1.807, 2.05) is 4.90 Å². The second kappa shape index (κ2) is 6.33. The van der Waals surface area contributed by atoms with Crippen LogP contribution in [0.3, 0.4) is 0 Å². The lowest BCUT2D eigenvalue weighted by Crippen LogP contribution is -2.48. The molecule has 1 N–H and O–H groups in total. The normalized spacial score (nSPS) is 27.0. The lowest BCUT2D eigenvalue weighted by molar-refractivity contribution is -0.126. The van der Waals surface area contributed by atoms with Crippen molar-refractivity contribution in [2.24, 2.45) is 5.92 Å². The lowest BCUT2D eigenvalue weighted by Gasteiger charge is -2.33. The average Bonchev–Trinajstić information content (AvgIpc) is 3.16. The predicted octanol–water partition coefficient (Wildman–Crippen LogP) is 2.19. The Labute approximate surface area is 124 Å². The molecule has 1 aliphatic carbocycles. The summed E-state index contributed by atoms with van der Waals surface area (Å²) in [6.07, 6.45) is 7.29. The molecule has 2 aliphatic rings. The summed E-state index contributed by atoms with van der Waals surface area (Å²) in [7, 11) is 0. The minimum Gasteiger partial charge on any atom is -0.459 e. The molecule has 2 heterocycles. The van der Waals surface area contributed by atoms with E-state index < -0.39 is 0 Å². The third kappa shape index (κ3) is 2.96. The van der Waals surface area contributed by atoms with Crippen LogP contribution in [0.4, 0.5) is 0 Å². The number of nitrogens with zero attached hydrogens (tertiary/aromatic N) is 1. The van der Waals surface area contributed by atoms with Gasteiger partial charge >= 0.3 is 0 Å². The molecule has 1 saturated heterocycles. The van der Waals surface area contributed by atoms with Crippen molar-refractivity contribution >= 4 is 11.8 Å². The summed E-state index contributed by atoms with van der Waals surface area (Å²) in [5, 5.41) is 3.02. The number of hydrogen-bond acceptors (Lipinski definition) is 3. The van der Waals surface area contributed by atoms with E-state index in [0.29, 0.717) is 12.3 Å². The molecule has 3 rings (SSSR count). The number of rotatable bonds is 1. The highest BCUT2D eigenvalue weighted by Gasteiger charge is 2.39. The van der Waals surface area contributed by atoms with Gasteiger partial charge in [0.1, 0.15) is 0 Å². The molecule has 2 atom stereocenters. The number of amides is 2. The zero-order chi connectivity index (χ0) is 14.7. The zero-order valence-corrected chi connectivity index (χ0v) is 12.2. The molecule has 21 heavy (non-hydrogen) atoms.